The number of β-amino-alcohol motifs (C(OH)–C–C–N with tert-alkyl or cyclic N) is 1. The molecular weight excluding hydrogens is 421 g/mol. The molecule has 1 saturated heterocycles. The summed E-state index contributed by atoms with van der Waals surface area (Å²) in [5, 5.41) is 9.96. The zero-order valence-corrected chi connectivity index (χ0v) is 17.3. The van der Waals surface area contributed by atoms with Crippen molar-refractivity contribution in [1.82, 2.24) is 4.90 Å². The van der Waals surface area contributed by atoms with Crippen LogP contribution in [-0.4, -0.2) is 62.6 Å². The van der Waals surface area contributed by atoms with E-state index in [1.165, 1.54) is 6.07 Å². The van der Waals surface area contributed by atoms with Gasteiger partial charge in [0.15, 0.2) is 0 Å². The highest BCUT2D eigenvalue weighted by Gasteiger charge is 2.34. The minimum absolute atomic E-state index is 0.151. The summed E-state index contributed by atoms with van der Waals surface area (Å²) in [6.45, 7) is 2.96. The van der Waals surface area contributed by atoms with E-state index in [9.17, 15) is 18.3 Å². The molecule has 0 saturated carbocycles. The molecule has 3 rings (SSSR count). The zero-order chi connectivity index (χ0) is 21.7. The number of aliphatic hydroxyl groups is 1. The third-order valence-electron chi connectivity index (χ3n) is 4.96. The van der Waals surface area contributed by atoms with Crippen molar-refractivity contribution in [3.8, 4) is 11.5 Å². The van der Waals surface area contributed by atoms with Gasteiger partial charge in [0.25, 0.3) is 0 Å². The van der Waals surface area contributed by atoms with Gasteiger partial charge in [-0.1, -0.05) is 11.6 Å². The number of alkyl halides is 3. The summed E-state index contributed by atoms with van der Waals surface area (Å²) < 4.78 is 49.9. The van der Waals surface area contributed by atoms with Gasteiger partial charge in [0.05, 0.1) is 17.7 Å². The van der Waals surface area contributed by atoms with Crippen LogP contribution < -0.4 is 14.4 Å². The minimum Gasteiger partial charge on any atom is -0.497 e. The van der Waals surface area contributed by atoms with Crippen LogP contribution in [0.25, 0.3) is 0 Å². The van der Waals surface area contributed by atoms with Crippen molar-refractivity contribution in [3.63, 3.8) is 0 Å². The smallest absolute Gasteiger partial charge is 0.417 e. The first kappa shape index (κ1) is 22.5. The molecule has 30 heavy (non-hydrogen) atoms. The maximum atomic E-state index is 13.1. The van der Waals surface area contributed by atoms with E-state index in [2.05, 4.69) is 4.90 Å². The summed E-state index contributed by atoms with van der Waals surface area (Å²) in [5.41, 5.74) is -0.329. The molecule has 1 fully saturated rings. The van der Waals surface area contributed by atoms with E-state index in [4.69, 9.17) is 21.1 Å². The maximum Gasteiger partial charge on any atom is 0.417 e. The number of hydrogen-bond acceptors (Lipinski definition) is 5. The Hall–Kier alpha value is -2.16. The van der Waals surface area contributed by atoms with Crippen LogP contribution in [0, 0.1) is 0 Å². The number of aliphatic hydroxyl groups excluding tert-OH is 1. The lowest BCUT2D eigenvalue weighted by atomic mass is 10.1. The van der Waals surface area contributed by atoms with Crippen LogP contribution in [0.4, 0.5) is 18.9 Å². The minimum atomic E-state index is -4.48. The first-order valence-electron chi connectivity index (χ1n) is 9.55. The largest absolute Gasteiger partial charge is 0.497 e. The first-order valence-corrected chi connectivity index (χ1v) is 9.93. The van der Waals surface area contributed by atoms with Gasteiger partial charge in [-0.2, -0.15) is 13.2 Å². The molecule has 0 spiro atoms. The highest BCUT2D eigenvalue weighted by Crippen LogP contribution is 2.37. The Balaban J connectivity index is 1.47. The molecule has 0 radical (unpaired) electrons. The van der Waals surface area contributed by atoms with Gasteiger partial charge in [-0.05, 0) is 42.5 Å². The Morgan fingerprint density at radius 1 is 1.03 bits per heavy atom. The second-order valence-electron chi connectivity index (χ2n) is 7.09. The highest BCUT2D eigenvalue weighted by molar-refractivity contribution is 6.31. The fraction of sp³-hybridized carbons (Fsp3) is 0.429. The number of halogens is 4. The van der Waals surface area contributed by atoms with Crippen LogP contribution in [0.15, 0.2) is 42.5 Å². The number of benzene rings is 2. The van der Waals surface area contributed by atoms with Crippen LogP contribution in [-0.2, 0) is 6.18 Å². The van der Waals surface area contributed by atoms with Crippen molar-refractivity contribution >= 4 is 17.3 Å². The normalized spacial score (nSPS) is 16.4. The van der Waals surface area contributed by atoms with E-state index in [1.54, 1.807) is 37.4 Å². The van der Waals surface area contributed by atoms with Crippen molar-refractivity contribution in [3.05, 3.63) is 53.1 Å². The summed E-state index contributed by atoms with van der Waals surface area (Å²) in [6.07, 6.45) is -5.16. The summed E-state index contributed by atoms with van der Waals surface area (Å²) in [4.78, 5) is 3.96. The van der Waals surface area contributed by atoms with Crippen molar-refractivity contribution in [2.24, 2.45) is 0 Å². The fourth-order valence-electron chi connectivity index (χ4n) is 3.33. The predicted molar refractivity (Wildman–Crippen MR) is 110 cm³/mol. The number of nitrogens with zero attached hydrogens (tertiary/aromatic N) is 2. The van der Waals surface area contributed by atoms with E-state index in [0.717, 1.165) is 11.8 Å². The van der Waals surface area contributed by atoms with Gasteiger partial charge in [-0.15, -0.1) is 0 Å². The highest BCUT2D eigenvalue weighted by atomic mass is 35.5. The molecule has 0 bridgehead atoms. The van der Waals surface area contributed by atoms with Gasteiger partial charge < -0.3 is 19.5 Å². The summed E-state index contributed by atoms with van der Waals surface area (Å²) >= 11 is 5.70. The SMILES string of the molecule is COc1ccc(OCC(O)CN2CCN(c3ccc(Cl)c(C(F)(F)F)c3)CC2)cc1. The van der Waals surface area contributed by atoms with Crippen molar-refractivity contribution in [2.75, 3.05) is 51.3 Å². The van der Waals surface area contributed by atoms with Gasteiger partial charge in [0.2, 0.25) is 0 Å². The molecule has 1 aliphatic heterocycles. The van der Waals surface area contributed by atoms with Crippen molar-refractivity contribution < 1.29 is 27.8 Å². The van der Waals surface area contributed by atoms with E-state index in [-0.39, 0.29) is 11.6 Å². The Morgan fingerprint density at radius 3 is 2.27 bits per heavy atom. The molecule has 0 amide bonds. The van der Waals surface area contributed by atoms with Crippen molar-refractivity contribution in [2.45, 2.75) is 12.3 Å². The monoisotopic (exact) mass is 444 g/mol. The number of piperazine rings is 1. The Kier molecular flexibility index (Phi) is 7.33. The van der Waals surface area contributed by atoms with Gasteiger partial charge in [-0.25, -0.2) is 0 Å². The molecule has 1 atom stereocenters. The molecule has 1 heterocycles. The quantitative estimate of drug-likeness (QED) is 0.701. The first-order chi connectivity index (χ1) is 14.3. The Morgan fingerprint density at radius 2 is 1.67 bits per heavy atom. The molecule has 5 nitrogen and oxygen atoms in total. The Bertz CT molecular complexity index is 825. The van der Waals surface area contributed by atoms with Gasteiger partial charge >= 0.3 is 6.18 Å². The van der Waals surface area contributed by atoms with E-state index >= 15 is 0 Å². The molecule has 2 aromatic rings. The van der Waals surface area contributed by atoms with Gasteiger partial charge in [0, 0.05) is 38.4 Å². The second kappa shape index (κ2) is 9.76. The van der Waals surface area contributed by atoms with Crippen LogP contribution in [0.2, 0.25) is 5.02 Å². The molecule has 164 valence electrons. The Labute approximate surface area is 178 Å². The van der Waals surface area contributed by atoms with Gasteiger partial charge in [0.1, 0.15) is 24.2 Å². The van der Waals surface area contributed by atoms with E-state index in [0.29, 0.717) is 44.2 Å². The zero-order valence-electron chi connectivity index (χ0n) is 16.5. The average Bonchev–Trinajstić information content (AvgIpc) is 2.73. The number of anilines is 1. The van der Waals surface area contributed by atoms with Crippen LogP contribution in [0.5, 0.6) is 11.5 Å². The van der Waals surface area contributed by atoms with E-state index < -0.39 is 17.8 Å². The maximum absolute atomic E-state index is 13.1. The topological polar surface area (TPSA) is 45.2 Å². The van der Waals surface area contributed by atoms with Gasteiger partial charge in [-0.3, -0.25) is 4.90 Å². The van der Waals surface area contributed by atoms with Crippen LogP contribution >= 0.6 is 11.6 Å². The average molecular weight is 445 g/mol. The lowest BCUT2D eigenvalue weighted by Crippen LogP contribution is -2.49. The molecule has 2 aromatic carbocycles. The third kappa shape index (κ3) is 5.93. The fourth-order valence-corrected chi connectivity index (χ4v) is 3.56. The second-order valence-corrected chi connectivity index (χ2v) is 7.50. The molecule has 1 aliphatic rings. The number of ether oxygens (including phenoxy) is 2. The third-order valence-corrected chi connectivity index (χ3v) is 5.29. The number of rotatable bonds is 7. The standard InChI is InChI=1S/C21H24ClF3N2O3/c1-29-17-3-5-18(6-4-17)30-14-16(28)13-26-8-10-27(11-9-26)15-2-7-20(22)19(12-15)21(23,24)25/h2-7,12,16,28H,8-11,13-14H2,1H3. The number of hydrogen-bond donors (Lipinski definition) is 1. The van der Waals surface area contributed by atoms with Crippen LogP contribution in [0.1, 0.15) is 5.56 Å². The summed E-state index contributed by atoms with van der Waals surface area (Å²) in [6, 6.07) is 11.1. The molecule has 1 unspecified atom stereocenters. The summed E-state index contributed by atoms with van der Waals surface area (Å²) in [7, 11) is 1.58. The van der Waals surface area contributed by atoms with Crippen LogP contribution in [0.3, 0.4) is 0 Å². The molecular formula is C21H24ClF3N2O3. The molecule has 0 aliphatic carbocycles. The molecule has 0 aromatic heterocycles. The van der Waals surface area contributed by atoms with Crippen molar-refractivity contribution in [1.29, 1.82) is 0 Å². The number of methoxy groups -OCH3 is 1. The lowest BCUT2D eigenvalue weighted by Gasteiger charge is -2.37. The predicted octanol–water partition coefficient (Wildman–Crippen LogP) is 3.93. The molecule has 1 N–H and O–H groups in total. The summed E-state index contributed by atoms with van der Waals surface area (Å²) in [5.74, 6) is 1.37. The molecule has 9 heteroatoms. The lowest BCUT2D eigenvalue weighted by molar-refractivity contribution is -0.137. The van der Waals surface area contributed by atoms with E-state index in [1.807, 2.05) is 4.90 Å².